The van der Waals surface area contributed by atoms with Crippen molar-refractivity contribution in [1.29, 1.82) is 0 Å². The molecule has 6 heteroatoms. The minimum Gasteiger partial charge on any atom is -0.370 e. The van der Waals surface area contributed by atoms with E-state index < -0.39 is 0 Å². The molecule has 0 unspecified atom stereocenters. The van der Waals surface area contributed by atoms with Crippen LogP contribution in [0.3, 0.4) is 0 Å². The van der Waals surface area contributed by atoms with Gasteiger partial charge in [-0.1, -0.05) is 20.8 Å². The zero-order valence-electron chi connectivity index (χ0n) is 12.1. The number of hydrogen-bond acceptors (Lipinski definition) is 4. The summed E-state index contributed by atoms with van der Waals surface area (Å²) >= 11 is 3.44. The van der Waals surface area contributed by atoms with Crippen molar-refractivity contribution in [1.82, 2.24) is 19.7 Å². The quantitative estimate of drug-likeness (QED) is 0.672. The summed E-state index contributed by atoms with van der Waals surface area (Å²) in [5, 5.41) is 7.52. The first-order valence-corrected chi connectivity index (χ1v) is 7.51. The highest BCUT2D eigenvalue weighted by Gasteiger charge is 2.18. The van der Waals surface area contributed by atoms with Crippen molar-refractivity contribution < 1.29 is 0 Å². The average Bonchev–Trinajstić information content (AvgIpc) is 2.86. The minimum absolute atomic E-state index is 0.0602. The number of anilines is 1. The minimum atomic E-state index is -0.0602. The van der Waals surface area contributed by atoms with Crippen molar-refractivity contribution in [2.75, 3.05) is 11.9 Å². The Hall–Kier alpha value is -1.43. The van der Waals surface area contributed by atoms with E-state index in [1.165, 1.54) is 0 Å². The first kappa shape index (κ1) is 15.0. The molecule has 0 amide bonds. The molecule has 0 aliphatic heterocycles. The molecule has 2 aromatic heterocycles. The second-order valence-electron chi connectivity index (χ2n) is 5.70. The molecule has 0 saturated heterocycles. The van der Waals surface area contributed by atoms with Crippen LogP contribution in [0.5, 0.6) is 0 Å². The summed E-state index contributed by atoms with van der Waals surface area (Å²) in [6, 6.07) is 3.84. The van der Waals surface area contributed by atoms with E-state index in [2.05, 4.69) is 57.1 Å². The Kier molecular flexibility index (Phi) is 4.75. The molecule has 0 fully saturated rings. The second-order valence-corrected chi connectivity index (χ2v) is 6.51. The predicted molar refractivity (Wildman–Crippen MR) is 83.8 cm³/mol. The highest BCUT2D eigenvalue weighted by molar-refractivity contribution is 9.10. The lowest BCUT2D eigenvalue weighted by Crippen LogP contribution is -2.18. The Morgan fingerprint density at radius 3 is 2.75 bits per heavy atom. The fourth-order valence-corrected chi connectivity index (χ4v) is 2.12. The van der Waals surface area contributed by atoms with Crippen LogP contribution in [-0.4, -0.2) is 26.3 Å². The van der Waals surface area contributed by atoms with Gasteiger partial charge in [-0.05, 0) is 28.4 Å². The first-order valence-electron chi connectivity index (χ1n) is 6.71. The number of halogens is 1. The van der Waals surface area contributed by atoms with E-state index in [-0.39, 0.29) is 5.41 Å². The molecule has 2 aromatic rings. The maximum absolute atomic E-state index is 4.56. The van der Waals surface area contributed by atoms with Crippen molar-refractivity contribution in [3.8, 4) is 0 Å². The lowest BCUT2D eigenvalue weighted by atomic mass is 9.96. The van der Waals surface area contributed by atoms with Crippen LogP contribution in [0, 0.1) is 0 Å². The maximum atomic E-state index is 4.56. The van der Waals surface area contributed by atoms with Crippen LogP contribution in [0.2, 0.25) is 0 Å². The molecule has 5 nitrogen and oxygen atoms in total. The van der Waals surface area contributed by atoms with Gasteiger partial charge in [0.05, 0.1) is 0 Å². The van der Waals surface area contributed by atoms with Crippen molar-refractivity contribution >= 4 is 21.7 Å². The molecule has 0 radical (unpaired) electrons. The van der Waals surface area contributed by atoms with Gasteiger partial charge in [0.2, 0.25) is 0 Å². The van der Waals surface area contributed by atoms with E-state index in [9.17, 15) is 0 Å². The number of aryl methyl sites for hydroxylation is 1. The Morgan fingerprint density at radius 2 is 2.10 bits per heavy atom. The van der Waals surface area contributed by atoms with E-state index in [4.69, 9.17) is 0 Å². The fourth-order valence-electron chi connectivity index (χ4n) is 1.73. The van der Waals surface area contributed by atoms with Crippen LogP contribution in [-0.2, 0) is 12.0 Å². The first-order chi connectivity index (χ1) is 9.45. The molecule has 0 atom stereocenters. The van der Waals surface area contributed by atoms with Gasteiger partial charge >= 0.3 is 0 Å². The lowest BCUT2D eigenvalue weighted by Gasteiger charge is -2.18. The molecule has 108 valence electrons. The van der Waals surface area contributed by atoms with Gasteiger partial charge in [0.25, 0.3) is 0 Å². The monoisotopic (exact) mass is 337 g/mol. The second kappa shape index (κ2) is 6.35. The summed E-state index contributed by atoms with van der Waals surface area (Å²) in [6.07, 6.45) is 4.76. The third-order valence-electron chi connectivity index (χ3n) is 2.80. The van der Waals surface area contributed by atoms with E-state index in [0.717, 1.165) is 35.8 Å². The Morgan fingerprint density at radius 1 is 1.30 bits per heavy atom. The van der Waals surface area contributed by atoms with Gasteiger partial charge < -0.3 is 5.32 Å². The van der Waals surface area contributed by atoms with Crippen LogP contribution in [0.25, 0.3) is 0 Å². The molecule has 2 heterocycles. The van der Waals surface area contributed by atoms with Gasteiger partial charge in [0.15, 0.2) is 0 Å². The molecular formula is C14H20BrN5. The Bertz CT molecular complexity index is 545. The Balaban J connectivity index is 1.91. The van der Waals surface area contributed by atoms with Gasteiger partial charge in [0, 0.05) is 37.0 Å². The van der Waals surface area contributed by atoms with Crippen molar-refractivity contribution in [3.05, 3.63) is 35.0 Å². The smallest absolute Gasteiger partial charge is 0.137 e. The van der Waals surface area contributed by atoms with E-state index in [1.807, 2.05) is 23.0 Å². The molecule has 1 N–H and O–H groups in total. The maximum Gasteiger partial charge on any atom is 0.137 e. The SMILES string of the molecule is CC(C)(C)c1nc(Br)cc(NCCCn2cccn2)n1. The van der Waals surface area contributed by atoms with Gasteiger partial charge in [-0.2, -0.15) is 5.10 Å². The van der Waals surface area contributed by atoms with E-state index in [0.29, 0.717) is 0 Å². The van der Waals surface area contributed by atoms with Crippen LogP contribution < -0.4 is 5.32 Å². The summed E-state index contributed by atoms with van der Waals surface area (Å²) in [7, 11) is 0. The van der Waals surface area contributed by atoms with Gasteiger partial charge in [-0.15, -0.1) is 0 Å². The molecule has 0 bridgehead atoms. The zero-order chi connectivity index (χ0) is 14.6. The van der Waals surface area contributed by atoms with Gasteiger partial charge in [0.1, 0.15) is 16.2 Å². The fraction of sp³-hybridized carbons (Fsp3) is 0.500. The van der Waals surface area contributed by atoms with Crippen molar-refractivity contribution in [3.63, 3.8) is 0 Å². The van der Waals surface area contributed by atoms with Crippen LogP contribution >= 0.6 is 15.9 Å². The summed E-state index contributed by atoms with van der Waals surface area (Å²) in [5.41, 5.74) is -0.0602. The summed E-state index contributed by atoms with van der Waals surface area (Å²) < 4.78 is 2.74. The molecule has 0 aliphatic rings. The number of rotatable bonds is 5. The predicted octanol–water partition coefficient (Wildman–Crippen LogP) is 3.24. The molecule has 0 saturated carbocycles. The lowest BCUT2D eigenvalue weighted by molar-refractivity contribution is 0.543. The van der Waals surface area contributed by atoms with E-state index in [1.54, 1.807) is 6.20 Å². The van der Waals surface area contributed by atoms with Crippen LogP contribution in [0.4, 0.5) is 5.82 Å². The summed E-state index contributed by atoms with van der Waals surface area (Å²) in [5.74, 6) is 1.69. The van der Waals surface area contributed by atoms with Crippen LogP contribution in [0.15, 0.2) is 29.1 Å². The topological polar surface area (TPSA) is 55.6 Å². The summed E-state index contributed by atoms with van der Waals surface area (Å²) in [4.78, 5) is 8.99. The number of aromatic nitrogens is 4. The molecular weight excluding hydrogens is 318 g/mol. The zero-order valence-corrected chi connectivity index (χ0v) is 13.7. The van der Waals surface area contributed by atoms with Crippen LogP contribution in [0.1, 0.15) is 33.0 Å². The number of nitrogens with one attached hydrogen (secondary N) is 1. The summed E-state index contributed by atoms with van der Waals surface area (Å²) in [6.45, 7) is 8.08. The number of nitrogens with zero attached hydrogens (tertiary/aromatic N) is 4. The third-order valence-corrected chi connectivity index (χ3v) is 3.20. The molecule has 0 aliphatic carbocycles. The van der Waals surface area contributed by atoms with E-state index >= 15 is 0 Å². The highest BCUT2D eigenvalue weighted by Crippen LogP contribution is 2.22. The average molecular weight is 338 g/mol. The van der Waals surface area contributed by atoms with Gasteiger partial charge in [-0.3, -0.25) is 4.68 Å². The largest absolute Gasteiger partial charge is 0.370 e. The normalized spacial score (nSPS) is 11.6. The third kappa shape index (κ3) is 4.30. The number of hydrogen-bond donors (Lipinski definition) is 1. The van der Waals surface area contributed by atoms with Gasteiger partial charge in [-0.25, -0.2) is 9.97 Å². The van der Waals surface area contributed by atoms with Crippen molar-refractivity contribution in [2.24, 2.45) is 0 Å². The molecule has 0 spiro atoms. The molecule has 2 rings (SSSR count). The Labute approximate surface area is 128 Å². The standard InChI is InChI=1S/C14H20BrN5/c1-14(2,3)13-18-11(15)10-12(19-13)16-6-4-8-20-9-5-7-17-20/h5,7,9-10H,4,6,8H2,1-3H3,(H,16,18,19). The molecule has 0 aromatic carbocycles. The molecule has 20 heavy (non-hydrogen) atoms. The highest BCUT2D eigenvalue weighted by atomic mass is 79.9. The van der Waals surface area contributed by atoms with Crippen molar-refractivity contribution in [2.45, 2.75) is 39.2 Å².